The third-order valence-corrected chi connectivity index (χ3v) is 9.23. The lowest BCUT2D eigenvalue weighted by Gasteiger charge is -2.32. The molecule has 0 fully saturated rings. The average molecular weight is 639 g/mol. The van der Waals surface area contributed by atoms with E-state index in [1.54, 1.807) is 16.2 Å². The standard InChI is InChI=1S/C36H38N4O3S2/c1-22(2)15-30(20-41)39-36(43)34(23(3)28-13-14-44-21-28)40-19-29(27-9-7-6-8-10-27)17-31(24(40)4)35(42)37-18-26-11-12-32-33(16-26)45-25(5)38-32/h6-14,16-17,19,21-22,30,41H,4,15,18,20H2,1-3,5H3,(H,37,42)(H,39,43)/b34-23+. The van der Waals surface area contributed by atoms with E-state index in [0.717, 1.165) is 43.1 Å². The molecule has 0 spiro atoms. The number of aliphatic hydroxyl groups excluding tert-OH is 1. The van der Waals surface area contributed by atoms with E-state index in [9.17, 15) is 14.7 Å². The number of nitrogens with zero attached hydrogens (tertiary/aromatic N) is 2. The molecule has 5 rings (SSSR count). The van der Waals surface area contributed by atoms with Crippen LogP contribution >= 0.6 is 22.7 Å². The van der Waals surface area contributed by atoms with Gasteiger partial charge in [0.15, 0.2) is 0 Å². The van der Waals surface area contributed by atoms with Crippen LogP contribution in [0.25, 0.3) is 21.4 Å². The summed E-state index contributed by atoms with van der Waals surface area (Å²) in [6.45, 7) is 12.4. The number of hydrogen-bond donors (Lipinski definition) is 3. The van der Waals surface area contributed by atoms with Gasteiger partial charge in [0.25, 0.3) is 11.8 Å². The van der Waals surface area contributed by atoms with Gasteiger partial charge in [-0.2, -0.15) is 11.3 Å². The summed E-state index contributed by atoms with van der Waals surface area (Å²) in [6, 6.07) is 17.3. The van der Waals surface area contributed by atoms with Crippen LogP contribution in [0.3, 0.4) is 0 Å². The van der Waals surface area contributed by atoms with Gasteiger partial charge in [0, 0.05) is 12.7 Å². The molecule has 4 aromatic rings. The molecule has 3 heterocycles. The van der Waals surface area contributed by atoms with Crippen LogP contribution in [0, 0.1) is 12.8 Å². The van der Waals surface area contributed by atoms with Crippen LogP contribution in [0.4, 0.5) is 0 Å². The molecule has 2 aromatic heterocycles. The number of nitrogens with one attached hydrogen (secondary N) is 2. The minimum Gasteiger partial charge on any atom is -0.394 e. The molecule has 232 valence electrons. The highest BCUT2D eigenvalue weighted by atomic mass is 32.1. The summed E-state index contributed by atoms with van der Waals surface area (Å²) in [6.07, 6.45) is 4.30. The number of aliphatic hydroxyl groups is 1. The molecule has 45 heavy (non-hydrogen) atoms. The maximum atomic E-state index is 14.1. The monoisotopic (exact) mass is 638 g/mol. The van der Waals surface area contributed by atoms with E-state index in [-0.39, 0.29) is 24.3 Å². The number of carbonyl (C=O) groups is 2. The summed E-state index contributed by atoms with van der Waals surface area (Å²) in [5.74, 6) is -0.368. The van der Waals surface area contributed by atoms with Gasteiger partial charge < -0.3 is 20.6 Å². The largest absolute Gasteiger partial charge is 0.394 e. The fourth-order valence-electron chi connectivity index (χ4n) is 5.36. The Kier molecular flexibility index (Phi) is 10.1. The molecule has 0 saturated heterocycles. The van der Waals surface area contributed by atoms with Gasteiger partial charge in [-0.05, 0) is 89.1 Å². The van der Waals surface area contributed by atoms with Gasteiger partial charge in [-0.25, -0.2) is 4.98 Å². The first-order chi connectivity index (χ1) is 21.6. The number of allylic oxidation sites excluding steroid dienone is 3. The summed E-state index contributed by atoms with van der Waals surface area (Å²) in [5, 5.41) is 21.1. The number of carbonyl (C=O) groups excluding carboxylic acids is 2. The van der Waals surface area contributed by atoms with E-state index in [2.05, 4.69) is 42.1 Å². The molecule has 0 aliphatic carbocycles. The lowest BCUT2D eigenvalue weighted by molar-refractivity contribution is -0.120. The van der Waals surface area contributed by atoms with Crippen molar-refractivity contribution < 1.29 is 14.7 Å². The van der Waals surface area contributed by atoms with Crippen LogP contribution in [-0.2, 0) is 16.1 Å². The molecule has 1 aliphatic rings. The normalized spacial score (nSPS) is 14.6. The van der Waals surface area contributed by atoms with Gasteiger partial charge in [0.05, 0.1) is 39.1 Å². The fraction of sp³-hybridized carbons (Fsp3) is 0.250. The molecule has 9 heteroatoms. The fourth-order valence-corrected chi connectivity index (χ4v) is 6.95. The van der Waals surface area contributed by atoms with E-state index in [4.69, 9.17) is 0 Å². The summed E-state index contributed by atoms with van der Waals surface area (Å²) in [4.78, 5) is 34.2. The number of aryl methyl sites for hydroxylation is 1. The average Bonchev–Trinajstić information content (AvgIpc) is 3.70. The first-order valence-corrected chi connectivity index (χ1v) is 16.7. The first kappa shape index (κ1) is 32.1. The summed E-state index contributed by atoms with van der Waals surface area (Å²) < 4.78 is 1.07. The van der Waals surface area contributed by atoms with Crippen molar-refractivity contribution in [1.82, 2.24) is 20.5 Å². The molecule has 2 amide bonds. The van der Waals surface area contributed by atoms with Crippen molar-refractivity contribution >= 4 is 55.9 Å². The highest BCUT2D eigenvalue weighted by molar-refractivity contribution is 7.18. The molecule has 7 nitrogen and oxygen atoms in total. The smallest absolute Gasteiger partial charge is 0.268 e. The van der Waals surface area contributed by atoms with E-state index in [0.29, 0.717) is 29.9 Å². The van der Waals surface area contributed by atoms with Gasteiger partial charge in [-0.1, -0.05) is 56.8 Å². The van der Waals surface area contributed by atoms with Crippen LogP contribution in [0.2, 0.25) is 0 Å². The van der Waals surface area contributed by atoms with Crippen molar-refractivity contribution in [2.75, 3.05) is 6.61 Å². The molecule has 0 saturated carbocycles. The number of thiophene rings is 1. The number of rotatable bonds is 11. The van der Waals surface area contributed by atoms with Gasteiger partial charge in [-0.3, -0.25) is 9.59 Å². The lowest BCUT2D eigenvalue weighted by atomic mass is 9.96. The van der Waals surface area contributed by atoms with Gasteiger partial charge >= 0.3 is 0 Å². The van der Waals surface area contributed by atoms with Crippen LogP contribution in [0.1, 0.15) is 48.9 Å². The topological polar surface area (TPSA) is 94.6 Å². The Morgan fingerprint density at radius 2 is 1.89 bits per heavy atom. The number of benzene rings is 2. The summed E-state index contributed by atoms with van der Waals surface area (Å²) in [7, 11) is 0. The second-order valence-corrected chi connectivity index (χ2v) is 13.5. The number of aromatic nitrogens is 1. The van der Waals surface area contributed by atoms with E-state index in [1.807, 2.05) is 85.4 Å². The van der Waals surface area contributed by atoms with Crippen molar-refractivity contribution in [3.05, 3.63) is 123 Å². The lowest BCUT2D eigenvalue weighted by Crippen LogP contribution is -2.43. The van der Waals surface area contributed by atoms with Gasteiger partial charge in [0.1, 0.15) is 5.70 Å². The molecule has 1 atom stereocenters. The molecule has 1 unspecified atom stereocenters. The quantitative estimate of drug-likeness (QED) is 0.153. The van der Waals surface area contributed by atoms with E-state index >= 15 is 0 Å². The minimum atomic E-state index is -0.420. The predicted molar refractivity (Wildman–Crippen MR) is 185 cm³/mol. The van der Waals surface area contributed by atoms with Crippen LogP contribution < -0.4 is 10.6 Å². The first-order valence-electron chi connectivity index (χ1n) is 14.9. The summed E-state index contributed by atoms with van der Waals surface area (Å²) in [5.41, 5.74) is 6.27. The zero-order chi connectivity index (χ0) is 32.1. The molecule has 3 N–H and O–H groups in total. The molecule has 1 aliphatic heterocycles. The Hall–Kier alpha value is -4.31. The number of amides is 2. The highest BCUT2D eigenvalue weighted by Gasteiger charge is 2.30. The molecular weight excluding hydrogens is 601 g/mol. The molecule has 0 radical (unpaired) electrons. The maximum Gasteiger partial charge on any atom is 0.268 e. The van der Waals surface area contributed by atoms with E-state index in [1.165, 1.54) is 11.3 Å². The Morgan fingerprint density at radius 3 is 2.58 bits per heavy atom. The zero-order valence-corrected chi connectivity index (χ0v) is 27.6. The molecule has 0 bridgehead atoms. The van der Waals surface area contributed by atoms with Crippen LogP contribution in [0.15, 0.2) is 101 Å². The summed E-state index contributed by atoms with van der Waals surface area (Å²) >= 11 is 3.16. The van der Waals surface area contributed by atoms with Crippen molar-refractivity contribution in [1.29, 1.82) is 0 Å². The Labute approximate surface area is 272 Å². The SMILES string of the molecule is C=C1C(C(=O)NCc2ccc3nc(C)sc3c2)=CC(c2ccccc2)=CN1/C(C(=O)NC(CO)CC(C)C)=C(\C)c1ccsc1. The third-order valence-electron chi connectivity index (χ3n) is 7.61. The molecule has 2 aromatic carbocycles. The Bertz CT molecular complexity index is 1800. The minimum absolute atomic E-state index is 0.179. The van der Waals surface area contributed by atoms with Crippen molar-refractivity contribution in [3.63, 3.8) is 0 Å². The second-order valence-electron chi connectivity index (χ2n) is 11.5. The van der Waals surface area contributed by atoms with Crippen LogP contribution in [-0.4, -0.2) is 39.5 Å². The van der Waals surface area contributed by atoms with E-state index < -0.39 is 6.04 Å². The zero-order valence-electron chi connectivity index (χ0n) is 26.0. The van der Waals surface area contributed by atoms with Crippen LogP contribution in [0.5, 0.6) is 0 Å². The Balaban J connectivity index is 1.51. The maximum absolute atomic E-state index is 14.1. The van der Waals surface area contributed by atoms with Crippen molar-refractivity contribution in [2.45, 2.75) is 46.7 Å². The van der Waals surface area contributed by atoms with Gasteiger partial charge in [-0.15, -0.1) is 11.3 Å². The number of fused-ring (bicyclic) bond motifs is 1. The van der Waals surface area contributed by atoms with Crippen molar-refractivity contribution in [2.24, 2.45) is 5.92 Å². The van der Waals surface area contributed by atoms with Crippen molar-refractivity contribution in [3.8, 4) is 0 Å². The van der Waals surface area contributed by atoms with Gasteiger partial charge in [0.2, 0.25) is 0 Å². The number of hydrogen-bond acceptors (Lipinski definition) is 7. The third kappa shape index (κ3) is 7.50. The second kappa shape index (κ2) is 14.2. The Morgan fingerprint density at radius 1 is 1.11 bits per heavy atom. The highest BCUT2D eigenvalue weighted by Crippen LogP contribution is 2.35. The number of thiazole rings is 1. The molecular formula is C36H38N4O3S2. The predicted octanol–water partition coefficient (Wildman–Crippen LogP) is 7.03.